The third-order valence-corrected chi connectivity index (χ3v) is 5.53. The number of carbonyl (C=O) groups excluding carboxylic acids is 1. The van der Waals surface area contributed by atoms with Gasteiger partial charge in [0, 0.05) is 13.0 Å². The molecule has 0 atom stereocenters. The molecule has 0 fully saturated rings. The fraction of sp³-hybridized carbons (Fsp3) is 0.720. The van der Waals surface area contributed by atoms with Crippen molar-refractivity contribution in [2.24, 2.45) is 0 Å². The average molecular weight is 572 g/mol. The van der Waals surface area contributed by atoms with Crippen LogP contribution in [0.4, 0.5) is 13.2 Å². The molecule has 0 saturated heterocycles. The molecule has 0 aromatic heterocycles. The van der Waals surface area contributed by atoms with E-state index >= 15 is 0 Å². The number of hydrogen-bond acceptors (Lipinski definition) is 3. The summed E-state index contributed by atoms with van der Waals surface area (Å²) in [6.07, 6.45) is 7.86. The molecular weight excluding hydrogens is 530 g/mol. The van der Waals surface area contributed by atoms with Gasteiger partial charge in [0.25, 0.3) is 0 Å². The highest BCUT2D eigenvalue weighted by Crippen LogP contribution is 2.23. The topological polar surface area (TPSA) is 29.5 Å². The zero-order valence-electron chi connectivity index (χ0n) is 19.7. The van der Waals surface area contributed by atoms with Gasteiger partial charge in [-0.1, -0.05) is 82.9 Å². The first kappa shape index (κ1) is 31.2. The maximum Gasteiger partial charge on any atom is 0.449 e. The number of benzene rings is 1. The first-order valence-electron chi connectivity index (χ1n) is 11.8. The summed E-state index contributed by atoms with van der Waals surface area (Å²) in [5.41, 5.74) is 0.637. The second-order valence-electron chi connectivity index (χ2n) is 8.36. The number of para-hydroxylation sites is 1. The fourth-order valence-electron chi connectivity index (χ4n) is 3.53. The Labute approximate surface area is 209 Å². The van der Waals surface area contributed by atoms with Gasteiger partial charge in [-0.2, -0.15) is 13.2 Å². The molecule has 1 rings (SSSR count). The van der Waals surface area contributed by atoms with Crippen molar-refractivity contribution in [1.29, 1.82) is 0 Å². The molecule has 0 bridgehead atoms. The molecule has 186 valence electrons. The van der Waals surface area contributed by atoms with Crippen LogP contribution in [0.5, 0.6) is 5.75 Å². The number of carbonyl (C=O) groups is 1. The van der Waals surface area contributed by atoms with Crippen LogP contribution in [0.3, 0.4) is 0 Å². The number of halogens is 4. The smallest absolute Gasteiger partial charge is 0.449 e. The first-order valence-corrected chi connectivity index (χ1v) is 11.8. The summed E-state index contributed by atoms with van der Waals surface area (Å²) in [7, 11) is 2.06. The van der Waals surface area contributed by atoms with Gasteiger partial charge in [-0.15, -0.1) is 24.0 Å². The lowest BCUT2D eigenvalue weighted by atomic mass is 10.1. The molecule has 7 heteroatoms. The zero-order valence-corrected chi connectivity index (χ0v) is 22.1. The van der Waals surface area contributed by atoms with Crippen LogP contribution >= 0.6 is 24.0 Å². The maximum atomic E-state index is 12.4. The van der Waals surface area contributed by atoms with E-state index in [4.69, 9.17) is 4.74 Å². The number of hydrogen-bond donors (Lipinski definition) is 0. The molecule has 0 unspecified atom stereocenters. The number of likely N-dealkylation sites (N-methyl/N-ethyl adjacent to an activating group) is 1. The highest BCUT2D eigenvalue weighted by molar-refractivity contribution is 14.0. The van der Waals surface area contributed by atoms with Crippen LogP contribution in [0.25, 0.3) is 0 Å². The van der Waals surface area contributed by atoms with Crippen molar-refractivity contribution in [3.63, 3.8) is 0 Å². The Bertz CT molecular complexity index is 611. The number of rotatable bonds is 18. The number of unbranched alkanes of at least 4 members (excludes halogenated alkanes) is 9. The summed E-state index contributed by atoms with van der Waals surface area (Å²) >= 11 is 0. The van der Waals surface area contributed by atoms with Crippen molar-refractivity contribution in [1.82, 2.24) is 4.90 Å². The van der Waals surface area contributed by atoms with E-state index in [1.54, 1.807) is 24.3 Å². The van der Waals surface area contributed by atoms with Crippen LogP contribution < -0.4 is 4.74 Å². The largest absolute Gasteiger partial charge is 0.492 e. The van der Waals surface area contributed by atoms with Crippen LogP contribution in [0.15, 0.2) is 24.3 Å². The van der Waals surface area contributed by atoms with E-state index in [1.165, 1.54) is 64.2 Å². The van der Waals surface area contributed by atoms with Gasteiger partial charge in [0.05, 0.1) is 0 Å². The average Bonchev–Trinajstić information content (AvgIpc) is 2.73. The standard InChI is InChI=1S/C25H40F3NO2.HI/c1-3-4-5-6-7-8-9-10-11-14-19-29(2)20-21-31-23-16-13-12-15-22(23)17-18-24(30)25(26,27)28;/h12-13,15-16H,3-11,14,17-21H2,1-2H3;1H. The lowest BCUT2D eigenvalue weighted by Crippen LogP contribution is -2.25. The molecule has 1 aromatic carbocycles. The number of ketones is 1. The first-order chi connectivity index (χ1) is 14.8. The third-order valence-electron chi connectivity index (χ3n) is 5.53. The summed E-state index contributed by atoms with van der Waals surface area (Å²) in [6, 6.07) is 7.00. The van der Waals surface area contributed by atoms with Crippen LogP contribution in [-0.2, 0) is 11.2 Å². The quantitative estimate of drug-likeness (QED) is 0.134. The minimum absolute atomic E-state index is 0. The van der Waals surface area contributed by atoms with Crippen molar-refractivity contribution < 1.29 is 22.7 Å². The minimum atomic E-state index is -4.77. The van der Waals surface area contributed by atoms with Gasteiger partial charge in [0.15, 0.2) is 0 Å². The molecule has 0 radical (unpaired) electrons. The van der Waals surface area contributed by atoms with Crippen LogP contribution in [0, 0.1) is 0 Å². The molecule has 1 aromatic rings. The van der Waals surface area contributed by atoms with Crippen molar-refractivity contribution in [2.75, 3.05) is 26.7 Å². The molecule has 32 heavy (non-hydrogen) atoms. The van der Waals surface area contributed by atoms with E-state index in [2.05, 4.69) is 18.9 Å². The van der Waals surface area contributed by atoms with Gasteiger partial charge >= 0.3 is 6.18 Å². The fourth-order valence-corrected chi connectivity index (χ4v) is 3.53. The second kappa shape index (κ2) is 18.6. The zero-order chi connectivity index (χ0) is 23.0. The molecule has 0 N–H and O–H groups in total. The Morgan fingerprint density at radius 2 is 1.47 bits per heavy atom. The molecule has 0 aliphatic carbocycles. The Morgan fingerprint density at radius 1 is 0.906 bits per heavy atom. The molecule has 0 heterocycles. The monoisotopic (exact) mass is 571 g/mol. The van der Waals surface area contributed by atoms with E-state index in [0.717, 1.165) is 13.1 Å². The number of aryl methyl sites for hydroxylation is 1. The molecule has 0 amide bonds. The maximum absolute atomic E-state index is 12.4. The Kier molecular flexibility index (Phi) is 18.1. The normalized spacial score (nSPS) is 11.4. The van der Waals surface area contributed by atoms with Gasteiger partial charge in [-0.25, -0.2) is 0 Å². The van der Waals surface area contributed by atoms with E-state index in [0.29, 0.717) is 17.9 Å². The van der Waals surface area contributed by atoms with Gasteiger partial charge in [0.2, 0.25) is 5.78 Å². The number of alkyl halides is 3. The summed E-state index contributed by atoms with van der Waals surface area (Å²) in [6.45, 7) is 4.49. The Hall–Kier alpha value is -0.830. The van der Waals surface area contributed by atoms with E-state index in [1.807, 2.05) is 0 Å². The molecular formula is C25H41F3INO2. The highest BCUT2D eigenvalue weighted by Gasteiger charge is 2.37. The van der Waals surface area contributed by atoms with E-state index < -0.39 is 18.4 Å². The minimum Gasteiger partial charge on any atom is -0.492 e. The predicted molar refractivity (Wildman–Crippen MR) is 136 cm³/mol. The van der Waals surface area contributed by atoms with E-state index in [-0.39, 0.29) is 30.4 Å². The second-order valence-corrected chi connectivity index (χ2v) is 8.36. The third kappa shape index (κ3) is 15.1. The molecule has 0 aliphatic rings. The molecule has 0 spiro atoms. The van der Waals surface area contributed by atoms with Crippen molar-refractivity contribution in [3.8, 4) is 5.75 Å². The van der Waals surface area contributed by atoms with Crippen molar-refractivity contribution >= 4 is 29.8 Å². The van der Waals surface area contributed by atoms with Gasteiger partial charge in [-0.3, -0.25) is 4.79 Å². The summed E-state index contributed by atoms with van der Waals surface area (Å²) in [5, 5.41) is 0. The van der Waals surface area contributed by atoms with Crippen molar-refractivity contribution in [2.45, 2.75) is 90.1 Å². The molecule has 0 aliphatic heterocycles. The number of Topliss-reactive ketones (excluding diaryl/α,β-unsaturated/α-hetero) is 1. The van der Waals surface area contributed by atoms with Gasteiger partial charge in [0.1, 0.15) is 12.4 Å². The molecule has 3 nitrogen and oxygen atoms in total. The van der Waals surface area contributed by atoms with E-state index in [9.17, 15) is 18.0 Å². The lowest BCUT2D eigenvalue weighted by molar-refractivity contribution is -0.171. The van der Waals surface area contributed by atoms with Crippen LogP contribution in [0.1, 0.15) is 83.1 Å². The SMILES string of the molecule is CCCCCCCCCCCCN(C)CCOc1ccccc1CCC(=O)C(F)(F)F.I. The lowest BCUT2D eigenvalue weighted by Gasteiger charge is -2.18. The predicted octanol–water partition coefficient (Wildman–Crippen LogP) is 7.60. The summed E-state index contributed by atoms with van der Waals surface area (Å²) < 4.78 is 43.0. The van der Waals surface area contributed by atoms with Crippen LogP contribution in [0.2, 0.25) is 0 Å². The number of ether oxygens (including phenoxy) is 1. The molecule has 0 saturated carbocycles. The Balaban J connectivity index is 0.00000961. The highest BCUT2D eigenvalue weighted by atomic mass is 127. The summed E-state index contributed by atoms with van der Waals surface area (Å²) in [5.74, 6) is -1.14. The van der Waals surface area contributed by atoms with Gasteiger partial charge < -0.3 is 9.64 Å². The van der Waals surface area contributed by atoms with Crippen molar-refractivity contribution in [3.05, 3.63) is 29.8 Å². The Morgan fingerprint density at radius 3 is 2.06 bits per heavy atom. The van der Waals surface area contributed by atoms with Gasteiger partial charge in [-0.05, 0) is 38.1 Å². The van der Waals surface area contributed by atoms with Crippen LogP contribution in [-0.4, -0.2) is 43.6 Å². The summed E-state index contributed by atoms with van der Waals surface area (Å²) in [4.78, 5) is 13.3. The number of nitrogens with zero attached hydrogens (tertiary/aromatic N) is 1.